The molecule has 1 saturated carbocycles. The van der Waals surface area contributed by atoms with Gasteiger partial charge in [-0.1, -0.05) is 6.42 Å². The van der Waals surface area contributed by atoms with Gasteiger partial charge in [-0.25, -0.2) is 4.79 Å². The van der Waals surface area contributed by atoms with Crippen LogP contribution in [0, 0.1) is 12.8 Å². The first kappa shape index (κ1) is 15.8. The maximum atomic E-state index is 11.7. The molecule has 5 heteroatoms. The Hall–Kier alpha value is -1.62. The number of hydrogen-bond acceptors (Lipinski definition) is 3. The Morgan fingerprint density at radius 2 is 2.29 bits per heavy atom. The van der Waals surface area contributed by atoms with Crippen LogP contribution in [-0.4, -0.2) is 35.3 Å². The van der Waals surface area contributed by atoms with Gasteiger partial charge in [0, 0.05) is 25.5 Å². The van der Waals surface area contributed by atoms with Crippen LogP contribution in [0.15, 0.2) is 18.5 Å². The number of aliphatic hydroxyl groups excluding tert-OH is 1. The molecule has 2 amide bonds. The molecule has 21 heavy (non-hydrogen) atoms. The minimum Gasteiger partial charge on any atom is -0.393 e. The Kier molecular flexibility index (Phi) is 5.99. The van der Waals surface area contributed by atoms with Crippen LogP contribution in [0.3, 0.4) is 0 Å². The molecule has 1 aliphatic rings. The molecule has 5 nitrogen and oxygen atoms in total. The molecule has 1 fully saturated rings. The second-order valence-electron chi connectivity index (χ2n) is 5.88. The number of aryl methyl sites for hydroxylation is 1. The molecular formula is C16H25N3O2. The van der Waals surface area contributed by atoms with Gasteiger partial charge in [0.2, 0.25) is 0 Å². The van der Waals surface area contributed by atoms with E-state index in [9.17, 15) is 9.90 Å². The quantitative estimate of drug-likeness (QED) is 0.774. The number of urea groups is 1. The molecule has 3 N–H and O–H groups in total. The first-order chi connectivity index (χ1) is 10.1. The van der Waals surface area contributed by atoms with Crippen LogP contribution < -0.4 is 10.6 Å². The largest absolute Gasteiger partial charge is 0.393 e. The summed E-state index contributed by atoms with van der Waals surface area (Å²) < 4.78 is 0. The van der Waals surface area contributed by atoms with E-state index < -0.39 is 0 Å². The zero-order valence-electron chi connectivity index (χ0n) is 12.6. The third kappa shape index (κ3) is 5.34. The van der Waals surface area contributed by atoms with E-state index in [1.807, 2.05) is 19.2 Å². The van der Waals surface area contributed by atoms with E-state index >= 15 is 0 Å². The Labute approximate surface area is 126 Å². The standard InChI is InChI=1S/C16H25N3O2/c1-12-10-17-7-5-14(12)6-8-18-16(21)19-11-13-3-2-4-15(20)9-13/h5,7,10,13,15,20H,2-4,6,8-9,11H2,1H3,(H2,18,19,21). The molecule has 2 unspecified atom stereocenters. The first-order valence-electron chi connectivity index (χ1n) is 7.74. The lowest BCUT2D eigenvalue weighted by Gasteiger charge is -2.25. The summed E-state index contributed by atoms with van der Waals surface area (Å²) >= 11 is 0. The van der Waals surface area contributed by atoms with E-state index in [4.69, 9.17) is 0 Å². The number of pyridine rings is 1. The molecule has 1 aliphatic carbocycles. The van der Waals surface area contributed by atoms with E-state index in [1.165, 1.54) is 5.56 Å². The summed E-state index contributed by atoms with van der Waals surface area (Å²) in [6.45, 7) is 3.29. The van der Waals surface area contributed by atoms with Crippen molar-refractivity contribution in [3.63, 3.8) is 0 Å². The smallest absolute Gasteiger partial charge is 0.314 e. The lowest BCUT2D eigenvalue weighted by molar-refractivity contribution is 0.101. The Morgan fingerprint density at radius 1 is 1.43 bits per heavy atom. The number of aliphatic hydroxyl groups is 1. The average molecular weight is 291 g/mol. The zero-order valence-corrected chi connectivity index (χ0v) is 12.6. The summed E-state index contributed by atoms with van der Waals surface area (Å²) in [5.74, 6) is 0.405. The topological polar surface area (TPSA) is 74.2 Å². The first-order valence-corrected chi connectivity index (χ1v) is 7.74. The normalized spacial score (nSPS) is 21.8. The SMILES string of the molecule is Cc1cnccc1CCNC(=O)NCC1CCCC(O)C1. The highest BCUT2D eigenvalue weighted by molar-refractivity contribution is 5.73. The molecule has 116 valence electrons. The molecule has 0 spiro atoms. The van der Waals surface area contributed by atoms with Gasteiger partial charge in [0.25, 0.3) is 0 Å². The predicted octanol–water partition coefficient (Wildman–Crippen LogP) is 1.78. The highest BCUT2D eigenvalue weighted by atomic mass is 16.3. The van der Waals surface area contributed by atoms with Crippen molar-refractivity contribution in [1.82, 2.24) is 15.6 Å². The number of rotatable bonds is 5. The van der Waals surface area contributed by atoms with Crippen LogP contribution in [0.1, 0.15) is 36.8 Å². The summed E-state index contributed by atoms with van der Waals surface area (Å²) in [5.41, 5.74) is 2.36. The minimum atomic E-state index is -0.191. The van der Waals surface area contributed by atoms with Gasteiger partial charge in [0.05, 0.1) is 6.10 Å². The molecule has 0 radical (unpaired) electrons. The molecule has 1 aromatic heterocycles. The van der Waals surface area contributed by atoms with Gasteiger partial charge >= 0.3 is 6.03 Å². The highest BCUT2D eigenvalue weighted by Gasteiger charge is 2.20. The van der Waals surface area contributed by atoms with E-state index in [1.54, 1.807) is 6.20 Å². The van der Waals surface area contributed by atoms with Crippen molar-refractivity contribution in [2.24, 2.45) is 5.92 Å². The molecule has 0 aliphatic heterocycles. The Morgan fingerprint density at radius 3 is 3.05 bits per heavy atom. The summed E-state index contributed by atoms with van der Waals surface area (Å²) in [4.78, 5) is 15.8. The van der Waals surface area contributed by atoms with E-state index in [-0.39, 0.29) is 12.1 Å². The fraction of sp³-hybridized carbons (Fsp3) is 0.625. The van der Waals surface area contributed by atoms with Crippen LogP contribution in [0.25, 0.3) is 0 Å². The van der Waals surface area contributed by atoms with E-state index in [0.717, 1.165) is 37.7 Å². The van der Waals surface area contributed by atoms with Crippen molar-refractivity contribution in [3.05, 3.63) is 29.6 Å². The number of hydrogen-bond donors (Lipinski definition) is 3. The second kappa shape index (κ2) is 7.98. The summed E-state index contributed by atoms with van der Waals surface area (Å²) in [7, 11) is 0. The van der Waals surface area contributed by atoms with Gasteiger partial charge in [-0.2, -0.15) is 0 Å². The molecular weight excluding hydrogens is 266 g/mol. The van der Waals surface area contributed by atoms with Crippen molar-refractivity contribution in [2.75, 3.05) is 13.1 Å². The molecule has 2 rings (SSSR count). The lowest BCUT2D eigenvalue weighted by Crippen LogP contribution is -2.40. The predicted molar refractivity (Wildman–Crippen MR) is 82.0 cm³/mol. The summed E-state index contributed by atoms with van der Waals surface area (Å²) in [6, 6.07) is 1.86. The second-order valence-corrected chi connectivity index (χ2v) is 5.88. The maximum absolute atomic E-state index is 11.7. The van der Waals surface area contributed by atoms with Crippen LogP contribution in [0.2, 0.25) is 0 Å². The molecule has 0 bridgehead atoms. The van der Waals surface area contributed by atoms with Gasteiger partial charge in [0.1, 0.15) is 0 Å². The fourth-order valence-corrected chi connectivity index (χ4v) is 2.84. The van der Waals surface area contributed by atoms with Gasteiger partial charge in [0.15, 0.2) is 0 Å². The number of nitrogens with zero attached hydrogens (tertiary/aromatic N) is 1. The molecule has 1 heterocycles. The lowest BCUT2D eigenvalue weighted by atomic mass is 9.87. The third-order valence-electron chi connectivity index (χ3n) is 4.12. The minimum absolute atomic E-state index is 0.123. The number of amides is 2. The number of nitrogens with one attached hydrogen (secondary N) is 2. The van der Waals surface area contributed by atoms with Gasteiger partial charge in [-0.15, -0.1) is 0 Å². The molecule has 0 saturated heterocycles. The van der Waals surface area contributed by atoms with Crippen molar-refractivity contribution in [1.29, 1.82) is 0 Å². The van der Waals surface area contributed by atoms with Crippen molar-refractivity contribution >= 4 is 6.03 Å². The Bertz CT molecular complexity index is 465. The van der Waals surface area contributed by atoms with Crippen molar-refractivity contribution in [2.45, 2.75) is 45.1 Å². The van der Waals surface area contributed by atoms with Crippen LogP contribution in [-0.2, 0) is 6.42 Å². The number of aromatic nitrogens is 1. The van der Waals surface area contributed by atoms with Crippen LogP contribution in [0.5, 0.6) is 0 Å². The zero-order chi connectivity index (χ0) is 15.1. The maximum Gasteiger partial charge on any atom is 0.314 e. The Balaban J connectivity index is 1.62. The molecule has 1 aromatic rings. The van der Waals surface area contributed by atoms with Gasteiger partial charge in [-0.05, 0) is 55.7 Å². The van der Waals surface area contributed by atoms with E-state index in [0.29, 0.717) is 19.0 Å². The number of carbonyl (C=O) groups excluding carboxylic acids is 1. The monoisotopic (exact) mass is 291 g/mol. The highest BCUT2D eigenvalue weighted by Crippen LogP contribution is 2.23. The van der Waals surface area contributed by atoms with Gasteiger partial charge in [-0.3, -0.25) is 4.98 Å². The molecule has 0 aromatic carbocycles. The van der Waals surface area contributed by atoms with Crippen LogP contribution >= 0.6 is 0 Å². The van der Waals surface area contributed by atoms with Crippen LogP contribution in [0.4, 0.5) is 4.79 Å². The van der Waals surface area contributed by atoms with Crippen molar-refractivity contribution < 1.29 is 9.90 Å². The third-order valence-corrected chi connectivity index (χ3v) is 4.12. The van der Waals surface area contributed by atoms with E-state index in [2.05, 4.69) is 15.6 Å². The fourth-order valence-electron chi connectivity index (χ4n) is 2.84. The van der Waals surface area contributed by atoms with Crippen molar-refractivity contribution in [3.8, 4) is 0 Å². The number of carbonyl (C=O) groups is 1. The molecule has 2 atom stereocenters. The average Bonchev–Trinajstić information content (AvgIpc) is 2.47. The summed E-state index contributed by atoms with van der Waals surface area (Å²) in [6.07, 6.45) is 8.07. The van der Waals surface area contributed by atoms with Gasteiger partial charge < -0.3 is 15.7 Å². The summed E-state index contributed by atoms with van der Waals surface area (Å²) in [5, 5.41) is 15.4.